The Morgan fingerprint density at radius 1 is 1.26 bits per heavy atom. The van der Waals surface area contributed by atoms with Gasteiger partial charge in [-0.05, 0) is 47.9 Å². The van der Waals surface area contributed by atoms with Crippen molar-refractivity contribution in [3.05, 3.63) is 64.8 Å². The molecule has 0 fully saturated rings. The highest BCUT2D eigenvalue weighted by molar-refractivity contribution is 6.31. The van der Waals surface area contributed by atoms with Gasteiger partial charge in [-0.15, -0.1) is 0 Å². The number of nitrogens with one attached hydrogen (secondary N) is 2. The van der Waals surface area contributed by atoms with Gasteiger partial charge in [-0.25, -0.2) is 5.43 Å². The number of carboxylic acid groups (broad SMARTS) is 1. The molecule has 0 aliphatic rings. The molecule has 0 aliphatic heterocycles. The number of benzene rings is 2. The molecule has 3 rings (SSSR count). The molecule has 0 unspecified atom stereocenters. The second kappa shape index (κ2) is 10.4. The van der Waals surface area contributed by atoms with Gasteiger partial charge in [0.2, 0.25) is 0 Å². The van der Waals surface area contributed by atoms with E-state index in [-0.39, 0.29) is 6.47 Å². The number of anilines is 2. The van der Waals surface area contributed by atoms with Crippen LogP contribution < -0.4 is 16.6 Å². The summed E-state index contributed by atoms with van der Waals surface area (Å²) in [6, 6.07) is 14.0. The van der Waals surface area contributed by atoms with Crippen LogP contribution in [-0.2, 0) is 17.8 Å². The summed E-state index contributed by atoms with van der Waals surface area (Å²) in [5.41, 5.74) is 17.7. The summed E-state index contributed by atoms with van der Waals surface area (Å²) >= 11 is 6.02. The first-order valence-electron chi connectivity index (χ1n) is 8.57. The quantitative estimate of drug-likeness (QED) is 0.287. The van der Waals surface area contributed by atoms with Crippen LogP contribution in [0.3, 0.4) is 0 Å². The molecule has 3 aromatic rings. The Labute approximate surface area is 163 Å². The largest absolute Gasteiger partial charge is 0.483 e. The first kappa shape index (κ1) is 20.5. The van der Waals surface area contributed by atoms with E-state index in [9.17, 15) is 0 Å². The van der Waals surface area contributed by atoms with Crippen molar-refractivity contribution in [2.24, 2.45) is 0 Å². The molecule has 142 valence electrons. The van der Waals surface area contributed by atoms with Gasteiger partial charge in [-0.1, -0.05) is 37.1 Å². The average molecular weight is 387 g/mol. The summed E-state index contributed by atoms with van der Waals surface area (Å²) in [7, 11) is 0. The summed E-state index contributed by atoms with van der Waals surface area (Å²) in [6.45, 7) is 2.58. The number of aromatic nitrogens is 1. The predicted molar refractivity (Wildman–Crippen MR) is 111 cm³/mol. The van der Waals surface area contributed by atoms with Gasteiger partial charge in [0.25, 0.3) is 6.47 Å². The second-order valence-electron chi connectivity index (χ2n) is 5.89. The van der Waals surface area contributed by atoms with Gasteiger partial charge in [0, 0.05) is 23.8 Å². The fraction of sp³-hybridized carbons (Fsp3) is 0.200. The summed E-state index contributed by atoms with van der Waals surface area (Å²) < 4.78 is 0. The standard InChI is InChI=1S/C19H21ClN4.CH2O2/c1-2-4-16-17(21)5-3-6-19(16)24-23-11-13-7-8-18-14(9-13)10-15(20)12-22-18;2-1-3/h3,5-10,12,23-24H,2,4,11,21H2,1H3;1H,(H,2,3). The number of halogens is 1. The molecule has 27 heavy (non-hydrogen) atoms. The number of hydrogen-bond donors (Lipinski definition) is 4. The van der Waals surface area contributed by atoms with E-state index in [4.69, 9.17) is 27.2 Å². The van der Waals surface area contributed by atoms with E-state index in [0.29, 0.717) is 11.6 Å². The molecule has 0 aliphatic carbocycles. The predicted octanol–water partition coefficient (Wildman–Crippen LogP) is 4.24. The van der Waals surface area contributed by atoms with Crippen LogP contribution in [0.25, 0.3) is 10.9 Å². The SMILES string of the molecule is CCCc1c(N)cccc1NNCc1ccc2ncc(Cl)cc2c1.O=CO. The van der Waals surface area contributed by atoms with E-state index in [1.807, 2.05) is 30.3 Å². The minimum Gasteiger partial charge on any atom is -0.483 e. The summed E-state index contributed by atoms with van der Waals surface area (Å²) in [5.74, 6) is 0. The number of pyridine rings is 1. The molecule has 2 aromatic carbocycles. The van der Waals surface area contributed by atoms with Crippen molar-refractivity contribution >= 4 is 40.4 Å². The summed E-state index contributed by atoms with van der Waals surface area (Å²) in [5, 5.41) is 8.58. The highest BCUT2D eigenvalue weighted by Gasteiger charge is 2.05. The van der Waals surface area contributed by atoms with Crippen molar-refractivity contribution in [3.63, 3.8) is 0 Å². The van der Waals surface area contributed by atoms with E-state index in [1.54, 1.807) is 6.20 Å². The Kier molecular flexibility index (Phi) is 7.85. The molecule has 1 heterocycles. The maximum atomic E-state index is 8.36. The molecule has 7 heteroatoms. The molecule has 0 saturated heterocycles. The lowest BCUT2D eigenvalue weighted by molar-refractivity contribution is -0.122. The zero-order valence-electron chi connectivity index (χ0n) is 15.1. The van der Waals surface area contributed by atoms with Crippen LogP contribution in [0.5, 0.6) is 0 Å². The lowest BCUT2D eigenvalue weighted by Crippen LogP contribution is -2.22. The van der Waals surface area contributed by atoms with Crippen LogP contribution in [0.4, 0.5) is 11.4 Å². The van der Waals surface area contributed by atoms with Crippen molar-refractivity contribution in [1.82, 2.24) is 10.4 Å². The summed E-state index contributed by atoms with van der Waals surface area (Å²) in [6.07, 6.45) is 3.68. The second-order valence-corrected chi connectivity index (χ2v) is 6.32. The zero-order valence-corrected chi connectivity index (χ0v) is 15.8. The van der Waals surface area contributed by atoms with Crippen LogP contribution in [0.1, 0.15) is 24.5 Å². The zero-order chi connectivity index (χ0) is 19.6. The van der Waals surface area contributed by atoms with Crippen LogP contribution >= 0.6 is 11.6 Å². The highest BCUT2D eigenvalue weighted by atomic mass is 35.5. The summed E-state index contributed by atoms with van der Waals surface area (Å²) in [4.78, 5) is 12.7. The van der Waals surface area contributed by atoms with Gasteiger partial charge in [0.1, 0.15) is 0 Å². The van der Waals surface area contributed by atoms with Crippen molar-refractivity contribution in [1.29, 1.82) is 0 Å². The van der Waals surface area contributed by atoms with Gasteiger partial charge in [-0.3, -0.25) is 9.78 Å². The van der Waals surface area contributed by atoms with Crippen molar-refractivity contribution in [3.8, 4) is 0 Å². The van der Waals surface area contributed by atoms with Gasteiger partial charge < -0.3 is 16.3 Å². The van der Waals surface area contributed by atoms with Crippen molar-refractivity contribution in [2.75, 3.05) is 11.2 Å². The lowest BCUT2D eigenvalue weighted by atomic mass is 10.1. The first-order valence-corrected chi connectivity index (χ1v) is 8.95. The number of nitrogens with two attached hydrogens (primary N) is 1. The van der Waals surface area contributed by atoms with Crippen molar-refractivity contribution < 1.29 is 9.90 Å². The molecular weight excluding hydrogens is 364 g/mol. The first-order chi connectivity index (χ1) is 13.1. The monoisotopic (exact) mass is 386 g/mol. The highest BCUT2D eigenvalue weighted by Crippen LogP contribution is 2.23. The minimum atomic E-state index is -0.250. The molecule has 1 aromatic heterocycles. The molecule has 0 bridgehead atoms. The molecule has 0 atom stereocenters. The number of nitrogen functional groups attached to an aromatic ring is 1. The minimum absolute atomic E-state index is 0.250. The van der Waals surface area contributed by atoms with Crippen LogP contribution in [-0.4, -0.2) is 16.6 Å². The molecule has 0 amide bonds. The number of rotatable bonds is 6. The topological polar surface area (TPSA) is 100 Å². The Hall–Kier alpha value is -2.83. The molecule has 0 radical (unpaired) electrons. The van der Waals surface area contributed by atoms with Gasteiger partial charge in [0.05, 0.1) is 16.2 Å². The van der Waals surface area contributed by atoms with Crippen LogP contribution in [0.15, 0.2) is 48.7 Å². The number of carbonyl (C=O) groups is 1. The third-order valence-electron chi connectivity index (χ3n) is 3.94. The maximum Gasteiger partial charge on any atom is 0.290 e. The molecular formula is C20H23ClN4O2. The maximum absolute atomic E-state index is 8.36. The van der Waals surface area contributed by atoms with Gasteiger partial charge in [0.15, 0.2) is 0 Å². The van der Waals surface area contributed by atoms with Crippen LogP contribution in [0, 0.1) is 0 Å². The lowest BCUT2D eigenvalue weighted by Gasteiger charge is -2.15. The van der Waals surface area contributed by atoms with E-state index in [1.165, 1.54) is 0 Å². The fourth-order valence-corrected chi connectivity index (χ4v) is 2.92. The number of fused-ring (bicyclic) bond motifs is 1. The molecule has 0 saturated carbocycles. The van der Waals surface area contributed by atoms with Crippen molar-refractivity contribution in [2.45, 2.75) is 26.3 Å². The average Bonchev–Trinajstić information content (AvgIpc) is 2.65. The van der Waals surface area contributed by atoms with E-state index < -0.39 is 0 Å². The normalized spacial score (nSPS) is 10.1. The van der Waals surface area contributed by atoms with Gasteiger partial charge >= 0.3 is 0 Å². The Morgan fingerprint density at radius 2 is 2.04 bits per heavy atom. The van der Waals surface area contributed by atoms with E-state index in [0.717, 1.165) is 46.2 Å². The Balaban J connectivity index is 0.000000817. The molecule has 6 nitrogen and oxygen atoms in total. The number of nitrogens with zero attached hydrogens (tertiary/aromatic N) is 1. The molecule has 0 spiro atoms. The molecule has 5 N–H and O–H groups in total. The number of hydrogen-bond acceptors (Lipinski definition) is 5. The Bertz CT molecular complexity index is 902. The fourth-order valence-electron chi connectivity index (χ4n) is 2.76. The smallest absolute Gasteiger partial charge is 0.290 e. The third kappa shape index (κ3) is 5.84. The number of hydrazine groups is 1. The van der Waals surface area contributed by atoms with E-state index in [2.05, 4.69) is 34.9 Å². The van der Waals surface area contributed by atoms with Crippen LogP contribution in [0.2, 0.25) is 5.02 Å². The third-order valence-corrected chi connectivity index (χ3v) is 4.15. The van der Waals surface area contributed by atoms with Gasteiger partial charge in [-0.2, -0.15) is 0 Å². The van der Waals surface area contributed by atoms with E-state index >= 15 is 0 Å². The Morgan fingerprint density at radius 3 is 2.78 bits per heavy atom.